The fourth-order valence-corrected chi connectivity index (χ4v) is 3.55. The van der Waals surface area contributed by atoms with Crippen LogP contribution in [0.25, 0.3) is 0 Å². The van der Waals surface area contributed by atoms with Crippen molar-refractivity contribution in [2.24, 2.45) is 0 Å². The zero-order valence-electron chi connectivity index (χ0n) is 12.1. The van der Waals surface area contributed by atoms with E-state index in [-0.39, 0.29) is 5.91 Å². The van der Waals surface area contributed by atoms with E-state index in [0.717, 1.165) is 30.1 Å². The molecule has 0 aromatic carbocycles. The third-order valence-corrected chi connectivity index (χ3v) is 4.98. The molecule has 3 rings (SSSR count). The van der Waals surface area contributed by atoms with Gasteiger partial charge in [-0.25, -0.2) is 0 Å². The number of aromatic nitrogens is 2. The molecule has 5 heteroatoms. The smallest absolute Gasteiger partial charge is 0.264 e. The first-order chi connectivity index (χ1) is 9.58. The number of aryl methyl sites for hydroxylation is 3. The van der Waals surface area contributed by atoms with Crippen LogP contribution in [0, 0.1) is 13.8 Å². The Morgan fingerprint density at radius 3 is 2.70 bits per heavy atom. The van der Waals surface area contributed by atoms with Crippen molar-refractivity contribution in [3.05, 3.63) is 39.3 Å². The summed E-state index contributed by atoms with van der Waals surface area (Å²) in [5, 5.41) is 4.50. The lowest BCUT2D eigenvalue weighted by Gasteiger charge is -2.39. The minimum atomic E-state index is 0.160. The van der Waals surface area contributed by atoms with Gasteiger partial charge in [-0.05, 0) is 38.5 Å². The van der Waals surface area contributed by atoms with Gasteiger partial charge in [0.05, 0.1) is 16.6 Å². The lowest BCUT2D eigenvalue weighted by Crippen LogP contribution is -2.51. The van der Waals surface area contributed by atoms with Crippen molar-refractivity contribution in [2.45, 2.75) is 33.2 Å². The normalized spacial score (nSPS) is 15.4. The quantitative estimate of drug-likeness (QED) is 0.871. The summed E-state index contributed by atoms with van der Waals surface area (Å²) in [5.74, 6) is 0.160. The minimum absolute atomic E-state index is 0.160. The highest BCUT2D eigenvalue weighted by Gasteiger charge is 2.34. The molecule has 106 valence electrons. The maximum Gasteiger partial charge on any atom is 0.264 e. The molecule has 0 spiro atoms. The molecule has 1 amide bonds. The van der Waals surface area contributed by atoms with E-state index in [2.05, 4.69) is 31.1 Å². The summed E-state index contributed by atoms with van der Waals surface area (Å²) in [6.07, 6.45) is 0.992. The molecule has 0 unspecified atom stereocenters. The minimum Gasteiger partial charge on any atom is -0.334 e. The molecule has 20 heavy (non-hydrogen) atoms. The second-order valence-electron chi connectivity index (χ2n) is 5.36. The van der Waals surface area contributed by atoms with Crippen LogP contribution in [-0.4, -0.2) is 33.7 Å². The van der Waals surface area contributed by atoms with Crippen LogP contribution >= 0.6 is 11.3 Å². The van der Waals surface area contributed by atoms with Crippen LogP contribution < -0.4 is 0 Å². The van der Waals surface area contributed by atoms with Crippen molar-refractivity contribution >= 4 is 17.2 Å². The number of thiophene rings is 1. The molecule has 0 radical (unpaired) electrons. The van der Waals surface area contributed by atoms with Crippen molar-refractivity contribution in [1.82, 2.24) is 14.7 Å². The van der Waals surface area contributed by atoms with Gasteiger partial charge in [0, 0.05) is 23.7 Å². The molecule has 1 saturated heterocycles. The summed E-state index contributed by atoms with van der Waals surface area (Å²) >= 11 is 1.61. The van der Waals surface area contributed by atoms with Crippen molar-refractivity contribution < 1.29 is 4.79 Å². The van der Waals surface area contributed by atoms with E-state index >= 15 is 0 Å². The highest BCUT2D eigenvalue weighted by Crippen LogP contribution is 2.27. The SMILES string of the molecule is CCc1ccc(C(=O)N2CC(n3nc(C)cc3C)C2)s1. The highest BCUT2D eigenvalue weighted by atomic mass is 32.1. The van der Waals surface area contributed by atoms with Gasteiger partial charge in [-0.15, -0.1) is 11.3 Å². The summed E-state index contributed by atoms with van der Waals surface area (Å²) in [6, 6.07) is 6.41. The summed E-state index contributed by atoms with van der Waals surface area (Å²) in [7, 11) is 0. The van der Waals surface area contributed by atoms with Gasteiger partial charge in [-0.3, -0.25) is 9.48 Å². The Balaban J connectivity index is 1.65. The Hall–Kier alpha value is -1.62. The molecule has 2 aromatic heterocycles. The predicted molar refractivity (Wildman–Crippen MR) is 80.3 cm³/mol. The molecule has 0 N–H and O–H groups in total. The highest BCUT2D eigenvalue weighted by molar-refractivity contribution is 7.14. The standard InChI is InChI=1S/C15H19N3OS/c1-4-13-5-6-14(20-13)15(19)17-8-12(9-17)18-11(3)7-10(2)16-18/h5-7,12H,4,8-9H2,1-3H3. The van der Waals surface area contributed by atoms with Crippen LogP contribution in [0.1, 0.15) is 38.9 Å². The van der Waals surface area contributed by atoms with E-state index < -0.39 is 0 Å². The summed E-state index contributed by atoms with van der Waals surface area (Å²) in [5.41, 5.74) is 2.21. The van der Waals surface area contributed by atoms with Crippen LogP contribution in [0.4, 0.5) is 0 Å². The number of rotatable bonds is 3. The summed E-state index contributed by atoms with van der Waals surface area (Å²) in [4.78, 5) is 16.4. The number of hydrogen-bond donors (Lipinski definition) is 0. The van der Waals surface area contributed by atoms with E-state index in [4.69, 9.17) is 0 Å². The first-order valence-electron chi connectivity index (χ1n) is 6.99. The molecule has 0 bridgehead atoms. The zero-order chi connectivity index (χ0) is 14.3. The van der Waals surface area contributed by atoms with Crippen LogP contribution in [0.2, 0.25) is 0 Å². The van der Waals surface area contributed by atoms with Gasteiger partial charge in [-0.2, -0.15) is 5.10 Å². The average molecular weight is 289 g/mol. The molecule has 1 aliphatic rings. The molecule has 3 heterocycles. The fourth-order valence-electron chi connectivity index (χ4n) is 2.63. The molecule has 1 aliphatic heterocycles. The zero-order valence-corrected chi connectivity index (χ0v) is 12.9. The molecule has 4 nitrogen and oxygen atoms in total. The van der Waals surface area contributed by atoms with Crippen molar-refractivity contribution in [3.63, 3.8) is 0 Å². The monoisotopic (exact) mass is 289 g/mol. The van der Waals surface area contributed by atoms with Crippen molar-refractivity contribution in [2.75, 3.05) is 13.1 Å². The van der Waals surface area contributed by atoms with E-state index in [0.29, 0.717) is 6.04 Å². The Kier molecular flexibility index (Phi) is 3.38. The number of hydrogen-bond acceptors (Lipinski definition) is 3. The number of carbonyl (C=O) groups excluding carboxylic acids is 1. The summed E-state index contributed by atoms with van der Waals surface area (Å²) < 4.78 is 2.05. The van der Waals surface area contributed by atoms with Gasteiger partial charge in [-0.1, -0.05) is 6.92 Å². The first kappa shape index (κ1) is 13.4. The van der Waals surface area contributed by atoms with Crippen LogP contribution in [0.3, 0.4) is 0 Å². The third-order valence-electron chi connectivity index (χ3n) is 3.76. The predicted octanol–water partition coefficient (Wildman–Crippen LogP) is 2.82. The summed E-state index contributed by atoms with van der Waals surface area (Å²) in [6.45, 7) is 7.71. The van der Waals surface area contributed by atoms with Gasteiger partial charge in [0.2, 0.25) is 0 Å². The topological polar surface area (TPSA) is 38.1 Å². The molecular weight excluding hydrogens is 270 g/mol. The van der Waals surface area contributed by atoms with E-state index in [1.165, 1.54) is 10.6 Å². The van der Waals surface area contributed by atoms with Crippen LogP contribution in [0.15, 0.2) is 18.2 Å². The first-order valence-corrected chi connectivity index (χ1v) is 7.81. The van der Waals surface area contributed by atoms with Gasteiger partial charge in [0.25, 0.3) is 5.91 Å². The Morgan fingerprint density at radius 2 is 2.15 bits per heavy atom. The molecule has 0 saturated carbocycles. The van der Waals surface area contributed by atoms with E-state index in [1.54, 1.807) is 11.3 Å². The maximum atomic E-state index is 12.3. The molecule has 1 fully saturated rings. The van der Waals surface area contributed by atoms with Crippen LogP contribution in [0.5, 0.6) is 0 Å². The molecule has 0 atom stereocenters. The molecule has 0 aliphatic carbocycles. The number of carbonyl (C=O) groups is 1. The second-order valence-corrected chi connectivity index (χ2v) is 6.52. The number of nitrogens with zero attached hydrogens (tertiary/aromatic N) is 3. The number of amides is 1. The molecule has 2 aromatic rings. The van der Waals surface area contributed by atoms with Crippen molar-refractivity contribution in [3.8, 4) is 0 Å². The third kappa shape index (κ3) is 2.26. The lowest BCUT2D eigenvalue weighted by atomic mass is 10.1. The molecular formula is C15H19N3OS. The van der Waals surface area contributed by atoms with Gasteiger partial charge in [0.1, 0.15) is 0 Å². The lowest BCUT2D eigenvalue weighted by molar-refractivity contribution is 0.0502. The van der Waals surface area contributed by atoms with E-state index in [1.807, 2.05) is 22.6 Å². The maximum absolute atomic E-state index is 12.3. The fraction of sp³-hybridized carbons (Fsp3) is 0.467. The number of likely N-dealkylation sites (tertiary alicyclic amines) is 1. The van der Waals surface area contributed by atoms with E-state index in [9.17, 15) is 4.79 Å². The van der Waals surface area contributed by atoms with Crippen molar-refractivity contribution in [1.29, 1.82) is 0 Å². The van der Waals surface area contributed by atoms with Gasteiger partial charge >= 0.3 is 0 Å². The Morgan fingerprint density at radius 1 is 1.40 bits per heavy atom. The average Bonchev–Trinajstić information content (AvgIpc) is 2.94. The second kappa shape index (κ2) is 5.05. The Bertz CT molecular complexity index is 637. The van der Waals surface area contributed by atoms with Gasteiger partial charge < -0.3 is 4.90 Å². The Labute approximate surface area is 123 Å². The largest absolute Gasteiger partial charge is 0.334 e. The van der Waals surface area contributed by atoms with Crippen LogP contribution in [-0.2, 0) is 6.42 Å². The van der Waals surface area contributed by atoms with Gasteiger partial charge in [0.15, 0.2) is 0 Å².